The standard InChI is InChI=1S/C19H23NO3S/c1-13(17-10-6-8-15-7-4-5-9-18(15)17)20(16-11-12-16)19(21)14(2)24(3,22)23/h4-10,13-14,16H,11-12H2,1-3H3. The zero-order valence-corrected chi connectivity index (χ0v) is 15.1. The Labute approximate surface area is 143 Å². The fraction of sp³-hybridized carbons (Fsp3) is 0.421. The quantitative estimate of drug-likeness (QED) is 0.835. The van der Waals surface area contributed by atoms with Crippen molar-refractivity contribution in [3.05, 3.63) is 48.0 Å². The number of carbonyl (C=O) groups excluding carboxylic acids is 1. The summed E-state index contributed by atoms with van der Waals surface area (Å²) in [7, 11) is -3.40. The first-order chi connectivity index (χ1) is 11.3. The SMILES string of the molecule is CC(c1cccc2ccccc12)N(C(=O)C(C)S(C)(=O)=O)C1CC1. The molecule has 3 rings (SSSR count). The first-order valence-corrected chi connectivity index (χ1v) is 10.2. The molecule has 4 nitrogen and oxygen atoms in total. The first kappa shape index (κ1) is 17.0. The number of sulfone groups is 1. The van der Waals surface area contributed by atoms with Crippen LogP contribution >= 0.6 is 0 Å². The molecule has 2 aromatic carbocycles. The van der Waals surface area contributed by atoms with Gasteiger partial charge < -0.3 is 4.90 Å². The molecule has 1 aliphatic rings. The predicted octanol–water partition coefficient (Wildman–Crippen LogP) is 3.32. The van der Waals surface area contributed by atoms with Crippen molar-refractivity contribution in [2.24, 2.45) is 0 Å². The van der Waals surface area contributed by atoms with Crippen molar-refractivity contribution >= 4 is 26.5 Å². The van der Waals surface area contributed by atoms with Crippen LogP contribution in [-0.2, 0) is 14.6 Å². The van der Waals surface area contributed by atoms with Crippen molar-refractivity contribution in [3.63, 3.8) is 0 Å². The van der Waals surface area contributed by atoms with Crippen LogP contribution in [0, 0.1) is 0 Å². The maximum Gasteiger partial charge on any atom is 0.241 e. The topological polar surface area (TPSA) is 54.5 Å². The van der Waals surface area contributed by atoms with E-state index in [0.29, 0.717) is 0 Å². The number of amides is 1. The molecular weight excluding hydrogens is 322 g/mol. The van der Waals surface area contributed by atoms with Gasteiger partial charge in [-0.05, 0) is 43.0 Å². The van der Waals surface area contributed by atoms with E-state index in [0.717, 1.165) is 35.4 Å². The molecule has 24 heavy (non-hydrogen) atoms. The molecule has 128 valence electrons. The first-order valence-electron chi connectivity index (χ1n) is 8.29. The fourth-order valence-corrected chi connectivity index (χ4v) is 3.69. The summed E-state index contributed by atoms with van der Waals surface area (Å²) in [6.07, 6.45) is 3.01. The normalized spacial score (nSPS) is 17.5. The van der Waals surface area contributed by atoms with Crippen LogP contribution in [0.25, 0.3) is 10.8 Å². The summed E-state index contributed by atoms with van der Waals surface area (Å²) in [5, 5.41) is 1.23. The summed E-state index contributed by atoms with van der Waals surface area (Å²) in [5.41, 5.74) is 1.06. The second-order valence-electron chi connectivity index (χ2n) is 6.69. The molecule has 0 saturated heterocycles. The minimum Gasteiger partial charge on any atom is -0.332 e. The van der Waals surface area contributed by atoms with Gasteiger partial charge in [-0.1, -0.05) is 42.5 Å². The Kier molecular flexibility index (Phi) is 4.38. The molecule has 1 fully saturated rings. The van der Waals surface area contributed by atoms with Crippen LogP contribution in [0.4, 0.5) is 0 Å². The monoisotopic (exact) mass is 345 g/mol. The molecule has 0 bridgehead atoms. The number of hydrogen-bond acceptors (Lipinski definition) is 3. The van der Waals surface area contributed by atoms with Crippen molar-refractivity contribution in [1.29, 1.82) is 0 Å². The third-order valence-corrected chi connectivity index (χ3v) is 6.36. The molecule has 1 saturated carbocycles. The molecule has 2 unspecified atom stereocenters. The number of hydrogen-bond donors (Lipinski definition) is 0. The van der Waals surface area contributed by atoms with Crippen LogP contribution in [0.15, 0.2) is 42.5 Å². The van der Waals surface area contributed by atoms with E-state index < -0.39 is 15.1 Å². The van der Waals surface area contributed by atoms with Gasteiger partial charge in [-0.25, -0.2) is 8.42 Å². The highest BCUT2D eigenvalue weighted by atomic mass is 32.2. The van der Waals surface area contributed by atoms with E-state index >= 15 is 0 Å². The maximum atomic E-state index is 12.9. The van der Waals surface area contributed by atoms with Crippen molar-refractivity contribution in [3.8, 4) is 0 Å². The number of fused-ring (bicyclic) bond motifs is 1. The lowest BCUT2D eigenvalue weighted by Crippen LogP contribution is -2.43. The van der Waals surface area contributed by atoms with Crippen LogP contribution < -0.4 is 0 Å². The molecule has 0 spiro atoms. The predicted molar refractivity (Wildman–Crippen MR) is 96.5 cm³/mol. The van der Waals surface area contributed by atoms with Gasteiger partial charge >= 0.3 is 0 Å². The smallest absolute Gasteiger partial charge is 0.241 e. The number of rotatable bonds is 5. The van der Waals surface area contributed by atoms with Gasteiger partial charge in [0, 0.05) is 12.3 Å². The molecule has 0 N–H and O–H groups in total. The lowest BCUT2D eigenvalue weighted by atomic mass is 9.98. The Bertz CT molecular complexity index is 866. The van der Waals surface area contributed by atoms with Gasteiger partial charge in [0.05, 0.1) is 6.04 Å². The highest BCUT2D eigenvalue weighted by molar-refractivity contribution is 7.92. The third kappa shape index (κ3) is 3.18. The minimum absolute atomic E-state index is 0.149. The molecule has 5 heteroatoms. The minimum atomic E-state index is -3.40. The van der Waals surface area contributed by atoms with Gasteiger partial charge in [-0.3, -0.25) is 4.79 Å². The van der Waals surface area contributed by atoms with Crippen LogP contribution in [0.1, 0.15) is 38.3 Å². The van der Waals surface area contributed by atoms with Gasteiger partial charge in [-0.2, -0.15) is 0 Å². The maximum absolute atomic E-state index is 12.9. The van der Waals surface area contributed by atoms with Crippen LogP contribution in [0.2, 0.25) is 0 Å². The Balaban J connectivity index is 2.01. The molecule has 1 amide bonds. The molecule has 0 radical (unpaired) electrons. The lowest BCUT2D eigenvalue weighted by molar-refractivity contribution is -0.133. The summed E-state index contributed by atoms with van der Waals surface area (Å²) in [4.78, 5) is 14.7. The van der Waals surface area contributed by atoms with E-state index in [1.807, 2.05) is 43.3 Å². The van der Waals surface area contributed by atoms with Gasteiger partial charge in [-0.15, -0.1) is 0 Å². The Morgan fingerprint density at radius 2 is 1.71 bits per heavy atom. The zero-order chi connectivity index (χ0) is 17.5. The van der Waals surface area contributed by atoms with Crippen molar-refractivity contribution in [1.82, 2.24) is 4.90 Å². The van der Waals surface area contributed by atoms with Gasteiger partial charge in [0.2, 0.25) is 5.91 Å². The highest BCUT2D eigenvalue weighted by Gasteiger charge is 2.40. The van der Waals surface area contributed by atoms with Gasteiger partial charge in [0.15, 0.2) is 9.84 Å². The van der Waals surface area contributed by atoms with Crippen molar-refractivity contribution < 1.29 is 13.2 Å². The summed E-state index contributed by atoms with van der Waals surface area (Å²) in [6.45, 7) is 3.48. The molecular formula is C19H23NO3S. The third-order valence-electron chi connectivity index (χ3n) is 4.88. The van der Waals surface area contributed by atoms with Gasteiger partial charge in [0.25, 0.3) is 0 Å². The Hall–Kier alpha value is -1.88. The lowest BCUT2D eigenvalue weighted by Gasteiger charge is -2.32. The fourth-order valence-electron chi connectivity index (χ4n) is 3.20. The van der Waals surface area contributed by atoms with E-state index in [4.69, 9.17) is 0 Å². The largest absolute Gasteiger partial charge is 0.332 e. The van der Waals surface area contributed by atoms with Crippen molar-refractivity contribution in [2.45, 2.75) is 44.0 Å². The number of benzene rings is 2. The van der Waals surface area contributed by atoms with Crippen LogP contribution in [-0.4, -0.2) is 36.8 Å². The Morgan fingerprint density at radius 3 is 2.33 bits per heavy atom. The Morgan fingerprint density at radius 1 is 1.08 bits per heavy atom. The summed E-state index contributed by atoms with van der Waals surface area (Å²) in [5.74, 6) is -0.291. The number of carbonyl (C=O) groups is 1. The summed E-state index contributed by atoms with van der Waals surface area (Å²) < 4.78 is 23.7. The van der Waals surface area contributed by atoms with E-state index in [1.54, 1.807) is 4.90 Å². The summed E-state index contributed by atoms with van der Waals surface area (Å²) in [6, 6.07) is 14.1. The van der Waals surface area contributed by atoms with Crippen molar-refractivity contribution in [2.75, 3.05) is 6.26 Å². The van der Waals surface area contributed by atoms with Crippen LogP contribution in [0.3, 0.4) is 0 Å². The van der Waals surface area contributed by atoms with E-state index in [-0.39, 0.29) is 18.0 Å². The average molecular weight is 345 g/mol. The van der Waals surface area contributed by atoms with E-state index in [1.165, 1.54) is 6.92 Å². The molecule has 2 atom stereocenters. The number of nitrogens with zero attached hydrogens (tertiary/aromatic N) is 1. The van der Waals surface area contributed by atoms with Gasteiger partial charge in [0.1, 0.15) is 5.25 Å². The highest BCUT2D eigenvalue weighted by Crippen LogP contribution is 2.37. The zero-order valence-electron chi connectivity index (χ0n) is 14.3. The molecule has 0 aliphatic heterocycles. The second kappa shape index (κ2) is 6.20. The average Bonchev–Trinajstić information content (AvgIpc) is 3.37. The van der Waals surface area contributed by atoms with Crippen LogP contribution in [0.5, 0.6) is 0 Å². The molecule has 0 heterocycles. The summed E-state index contributed by atoms with van der Waals surface area (Å²) >= 11 is 0. The molecule has 0 aromatic heterocycles. The van der Waals surface area contributed by atoms with E-state index in [9.17, 15) is 13.2 Å². The second-order valence-corrected chi connectivity index (χ2v) is 9.06. The van der Waals surface area contributed by atoms with E-state index in [2.05, 4.69) is 6.07 Å². The molecule has 2 aromatic rings. The molecule has 1 aliphatic carbocycles.